The average molecular weight is 372 g/mol. The molecule has 0 aliphatic heterocycles. The first-order valence-corrected chi connectivity index (χ1v) is 9.10. The second kappa shape index (κ2) is 7.52. The van der Waals surface area contributed by atoms with E-state index >= 15 is 0 Å². The Morgan fingerprint density at radius 2 is 1.86 bits per heavy atom. The number of fused-ring (bicyclic) bond motifs is 1. The lowest BCUT2D eigenvalue weighted by Gasteiger charge is -2.08. The molecule has 0 unspecified atom stereocenters. The zero-order valence-corrected chi connectivity index (χ0v) is 15.7. The van der Waals surface area contributed by atoms with Crippen molar-refractivity contribution in [3.63, 3.8) is 0 Å². The SMILES string of the molecule is CCOc1ccc(NC(=O)c2cnn(-c3ccc4ccccc4n3)c2C)cc1. The molecular formula is C22H20N4O2. The fraction of sp³-hybridized carbons (Fsp3) is 0.136. The van der Waals surface area contributed by atoms with Gasteiger partial charge in [0.15, 0.2) is 5.82 Å². The van der Waals surface area contributed by atoms with Crippen molar-refractivity contribution in [2.24, 2.45) is 0 Å². The van der Waals surface area contributed by atoms with Gasteiger partial charge >= 0.3 is 0 Å². The Morgan fingerprint density at radius 1 is 1.07 bits per heavy atom. The van der Waals surface area contributed by atoms with Gasteiger partial charge in [-0.2, -0.15) is 5.10 Å². The number of carbonyl (C=O) groups excluding carboxylic acids is 1. The predicted octanol–water partition coefficient (Wildman–Crippen LogP) is 4.38. The molecule has 1 amide bonds. The Morgan fingerprint density at radius 3 is 2.64 bits per heavy atom. The highest BCUT2D eigenvalue weighted by atomic mass is 16.5. The summed E-state index contributed by atoms with van der Waals surface area (Å²) in [5.74, 6) is 1.23. The van der Waals surface area contributed by atoms with Crippen LogP contribution in [0.1, 0.15) is 23.0 Å². The van der Waals surface area contributed by atoms with E-state index in [1.165, 1.54) is 0 Å². The quantitative estimate of drug-likeness (QED) is 0.564. The van der Waals surface area contributed by atoms with Gasteiger partial charge in [-0.25, -0.2) is 9.67 Å². The molecule has 2 heterocycles. The fourth-order valence-electron chi connectivity index (χ4n) is 3.04. The summed E-state index contributed by atoms with van der Waals surface area (Å²) >= 11 is 0. The molecular weight excluding hydrogens is 352 g/mol. The molecule has 6 nitrogen and oxygen atoms in total. The summed E-state index contributed by atoms with van der Waals surface area (Å²) in [5.41, 5.74) is 2.81. The Hall–Kier alpha value is -3.67. The third kappa shape index (κ3) is 3.44. The Bertz CT molecular complexity index is 1130. The Kier molecular flexibility index (Phi) is 4.76. The average Bonchev–Trinajstić information content (AvgIpc) is 3.11. The standard InChI is InChI=1S/C22H20N4O2/c1-3-28-18-11-9-17(10-12-18)24-22(27)19-14-23-26(15(19)2)21-13-8-16-6-4-5-7-20(16)25-21/h4-14H,3H2,1-2H3,(H,24,27). The number of benzene rings is 2. The van der Waals surface area contributed by atoms with Crippen molar-refractivity contribution in [3.8, 4) is 11.6 Å². The van der Waals surface area contributed by atoms with Crippen LogP contribution in [0.25, 0.3) is 16.7 Å². The van der Waals surface area contributed by atoms with E-state index < -0.39 is 0 Å². The van der Waals surface area contributed by atoms with E-state index in [2.05, 4.69) is 15.4 Å². The van der Waals surface area contributed by atoms with Gasteiger partial charge in [0.1, 0.15) is 5.75 Å². The number of hydrogen-bond donors (Lipinski definition) is 1. The highest BCUT2D eigenvalue weighted by molar-refractivity contribution is 6.05. The molecule has 6 heteroatoms. The van der Waals surface area contributed by atoms with Crippen LogP contribution in [-0.4, -0.2) is 27.3 Å². The first-order chi connectivity index (χ1) is 13.7. The number of hydrogen-bond acceptors (Lipinski definition) is 4. The van der Waals surface area contributed by atoms with Gasteiger partial charge in [-0.05, 0) is 56.3 Å². The van der Waals surface area contributed by atoms with Crippen LogP contribution in [0.4, 0.5) is 5.69 Å². The lowest BCUT2D eigenvalue weighted by Crippen LogP contribution is -2.13. The van der Waals surface area contributed by atoms with Crippen molar-refractivity contribution in [3.05, 3.63) is 78.1 Å². The first kappa shape index (κ1) is 17.7. The maximum atomic E-state index is 12.7. The molecule has 140 valence electrons. The van der Waals surface area contributed by atoms with Crippen molar-refractivity contribution >= 4 is 22.5 Å². The van der Waals surface area contributed by atoms with Gasteiger partial charge in [0.2, 0.25) is 0 Å². The van der Waals surface area contributed by atoms with Crippen molar-refractivity contribution in [2.75, 3.05) is 11.9 Å². The monoisotopic (exact) mass is 372 g/mol. The van der Waals surface area contributed by atoms with E-state index in [1.807, 2.05) is 74.5 Å². The molecule has 0 aliphatic rings. The number of pyridine rings is 1. The minimum Gasteiger partial charge on any atom is -0.494 e. The number of ether oxygens (including phenoxy) is 1. The van der Waals surface area contributed by atoms with Gasteiger partial charge in [0.25, 0.3) is 5.91 Å². The van der Waals surface area contributed by atoms with Crippen LogP contribution in [0.15, 0.2) is 66.9 Å². The summed E-state index contributed by atoms with van der Waals surface area (Å²) < 4.78 is 7.10. The second-order valence-electron chi connectivity index (χ2n) is 6.33. The van der Waals surface area contributed by atoms with Crippen molar-refractivity contribution in [1.29, 1.82) is 0 Å². The topological polar surface area (TPSA) is 69.0 Å². The van der Waals surface area contributed by atoms with E-state index in [9.17, 15) is 4.79 Å². The lowest BCUT2D eigenvalue weighted by molar-refractivity contribution is 0.102. The molecule has 0 atom stereocenters. The second-order valence-corrected chi connectivity index (χ2v) is 6.33. The van der Waals surface area contributed by atoms with Gasteiger partial charge in [-0.3, -0.25) is 4.79 Å². The van der Waals surface area contributed by atoms with E-state index in [0.717, 1.165) is 22.3 Å². The lowest BCUT2D eigenvalue weighted by atomic mass is 10.2. The van der Waals surface area contributed by atoms with Gasteiger partial charge in [-0.15, -0.1) is 0 Å². The number of anilines is 1. The molecule has 4 aromatic rings. The van der Waals surface area contributed by atoms with Crippen LogP contribution in [0.3, 0.4) is 0 Å². The molecule has 2 aromatic heterocycles. The largest absolute Gasteiger partial charge is 0.494 e. The van der Waals surface area contributed by atoms with Crippen LogP contribution in [0.5, 0.6) is 5.75 Å². The van der Waals surface area contributed by atoms with Crippen LogP contribution in [-0.2, 0) is 0 Å². The minimum atomic E-state index is -0.214. The van der Waals surface area contributed by atoms with Gasteiger partial charge in [0, 0.05) is 11.1 Å². The summed E-state index contributed by atoms with van der Waals surface area (Å²) in [6.45, 7) is 4.39. The molecule has 0 aliphatic carbocycles. The third-order valence-corrected chi connectivity index (χ3v) is 4.48. The summed E-state index contributed by atoms with van der Waals surface area (Å²) in [5, 5.41) is 8.32. The number of amides is 1. The fourth-order valence-corrected chi connectivity index (χ4v) is 3.04. The third-order valence-electron chi connectivity index (χ3n) is 4.48. The van der Waals surface area contributed by atoms with Crippen LogP contribution < -0.4 is 10.1 Å². The zero-order chi connectivity index (χ0) is 19.5. The minimum absolute atomic E-state index is 0.214. The van der Waals surface area contributed by atoms with Crippen LogP contribution in [0.2, 0.25) is 0 Å². The van der Waals surface area contributed by atoms with E-state index in [-0.39, 0.29) is 5.91 Å². The van der Waals surface area contributed by atoms with E-state index in [1.54, 1.807) is 10.9 Å². The van der Waals surface area contributed by atoms with Crippen molar-refractivity contribution in [1.82, 2.24) is 14.8 Å². The van der Waals surface area contributed by atoms with Gasteiger partial charge in [0.05, 0.1) is 29.6 Å². The molecule has 0 saturated heterocycles. The molecule has 2 aromatic carbocycles. The molecule has 4 rings (SSSR count). The number of rotatable bonds is 5. The summed E-state index contributed by atoms with van der Waals surface area (Å²) in [6, 6.07) is 19.1. The highest BCUT2D eigenvalue weighted by Gasteiger charge is 2.16. The number of para-hydroxylation sites is 1. The Balaban J connectivity index is 1.57. The molecule has 1 N–H and O–H groups in total. The number of aromatic nitrogens is 3. The molecule has 28 heavy (non-hydrogen) atoms. The molecule has 0 radical (unpaired) electrons. The summed E-state index contributed by atoms with van der Waals surface area (Å²) in [4.78, 5) is 17.3. The van der Waals surface area contributed by atoms with Gasteiger partial charge < -0.3 is 10.1 Å². The number of nitrogens with zero attached hydrogens (tertiary/aromatic N) is 3. The highest BCUT2D eigenvalue weighted by Crippen LogP contribution is 2.19. The predicted molar refractivity (Wildman–Crippen MR) is 109 cm³/mol. The van der Waals surface area contributed by atoms with Crippen molar-refractivity contribution < 1.29 is 9.53 Å². The number of carbonyl (C=O) groups is 1. The van der Waals surface area contributed by atoms with Crippen molar-refractivity contribution in [2.45, 2.75) is 13.8 Å². The number of nitrogens with one attached hydrogen (secondary N) is 1. The molecule has 0 spiro atoms. The smallest absolute Gasteiger partial charge is 0.259 e. The maximum absolute atomic E-state index is 12.7. The molecule has 0 fully saturated rings. The first-order valence-electron chi connectivity index (χ1n) is 9.10. The zero-order valence-electron chi connectivity index (χ0n) is 15.7. The summed E-state index contributed by atoms with van der Waals surface area (Å²) in [6.07, 6.45) is 1.57. The van der Waals surface area contributed by atoms with Gasteiger partial charge in [-0.1, -0.05) is 18.2 Å². The summed E-state index contributed by atoms with van der Waals surface area (Å²) in [7, 11) is 0. The van der Waals surface area contributed by atoms with E-state index in [4.69, 9.17) is 4.74 Å². The van der Waals surface area contributed by atoms with Crippen LogP contribution in [0, 0.1) is 6.92 Å². The Labute approximate surface area is 162 Å². The normalized spacial score (nSPS) is 10.8. The molecule has 0 bridgehead atoms. The molecule has 0 saturated carbocycles. The van der Waals surface area contributed by atoms with Crippen LogP contribution >= 0.6 is 0 Å². The maximum Gasteiger partial charge on any atom is 0.259 e. The van der Waals surface area contributed by atoms with E-state index in [0.29, 0.717) is 23.7 Å².